The van der Waals surface area contributed by atoms with E-state index in [1.807, 2.05) is 93.7 Å². The van der Waals surface area contributed by atoms with Gasteiger partial charge in [0.25, 0.3) is 0 Å². The van der Waals surface area contributed by atoms with Crippen molar-refractivity contribution in [2.24, 2.45) is 47.3 Å². The molecule has 4 fully saturated rings. The third kappa shape index (κ3) is 31.1. The smallest absolute Gasteiger partial charge is 0.367 e. The summed E-state index contributed by atoms with van der Waals surface area (Å²) < 4.78 is 233. The van der Waals surface area contributed by atoms with Crippen molar-refractivity contribution in [3.05, 3.63) is 186 Å². The molecule has 12 rings (SSSR count). The fraction of sp³-hybridized carbons (Fsp3) is 0.350. The molecule has 8 unspecified atom stereocenters. The second-order valence-corrected chi connectivity index (χ2v) is 49.4. The fourth-order valence-corrected chi connectivity index (χ4v) is 30.7. The predicted octanol–water partition coefficient (Wildman–Crippen LogP) is 19.0. The first-order valence-electron chi connectivity index (χ1n) is 37.4. The Morgan fingerprint density at radius 3 is 1.09 bits per heavy atom. The fourth-order valence-electron chi connectivity index (χ4n) is 14.6. The number of alkyl halides is 4. The number of benzene rings is 8. The van der Waals surface area contributed by atoms with E-state index in [2.05, 4.69) is 235 Å². The molecule has 0 spiro atoms. The number of hydrogen-bond donors (Lipinski definition) is 0. The topological polar surface area (TPSA) is 439 Å². The second kappa shape index (κ2) is 48.2. The maximum absolute atomic E-state index is 13.4. The zero-order valence-electron chi connectivity index (χ0n) is 65.0. The molecule has 0 aliphatic heterocycles. The standard InChI is InChI=1S/C20H21F2I3O7S.C20H11F2I3O7S.C20H23I3O7S.C20H13I3O7S/c2*21-20(22,33(28,29)30)9-31-18(26)13-5-1-4-12-11(13)3-2-6-14(12)19(27)32-17-15(24)7-10(23)8-16(17)25;2*21-15-9-16(22)18(17(23)10-15)30-20(25)14-4-2-11-7-13(3-1-12(11)8-14)19(24)29-5-6-31(26,27)28/h7-8,11-14H,1-6,9H2,(H,28,29,30);1-8H,9H2,(H,28,29,30);9-14H,1-8H2,(H,26,27,28);1-4,7-10H,5-6H2,(H,26,27,28)/p-4. The largest absolute Gasteiger partial charge is 0.748 e. The molecular formula is C80H64F4I12O28S4-4. The quantitative estimate of drug-likeness (QED) is 0.0135. The molecular weight excluding hydrogens is 3140 g/mol. The van der Waals surface area contributed by atoms with E-state index in [0.717, 1.165) is 68.5 Å². The van der Waals surface area contributed by atoms with Gasteiger partial charge in [0, 0.05) is 14.3 Å². The summed E-state index contributed by atoms with van der Waals surface area (Å²) in [6.45, 7) is -4.64. The molecule has 0 amide bonds. The second-order valence-electron chi connectivity index (χ2n) is 29.0. The molecule has 128 heavy (non-hydrogen) atoms. The molecule has 28 nitrogen and oxygen atoms in total. The number of hydrogen-bond acceptors (Lipinski definition) is 28. The number of fused-ring (bicyclic) bond motifs is 4. The first-order valence-corrected chi connectivity index (χ1v) is 56.3. The minimum Gasteiger partial charge on any atom is -0.748 e. The van der Waals surface area contributed by atoms with Crippen molar-refractivity contribution in [3.63, 3.8) is 0 Å². The Bertz CT molecular complexity index is 6010. The highest BCUT2D eigenvalue weighted by Gasteiger charge is 2.49. The highest BCUT2D eigenvalue weighted by molar-refractivity contribution is 14.1. The zero-order valence-corrected chi connectivity index (χ0v) is 94.2. The Morgan fingerprint density at radius 1 is 0.352 bits per heavy atom. The van der Waals surface area contributed by atoms with Gasteiger partial charge in [0.2, 0.25) is 0 Å². The van der Waals surface area contributed by atoms with Crippen LogP contribution in [0.3, 0.4) is 0 Å². The van der Waals surface area contributed by atoms with E-state index in [9.17, 15) is 108 Å². The van der Waals surface area contributed by atoms with Crippen LogP contribution in [0.5, 0.6) is 23.0 Å². The summed E-state index contributed by atoms with van der Waals surface area (Å²) in [6, 6.07) is 33.5. The molecule has 4 aliphatic rings. The van der Waals surface area contributed by atoms with Crippen molar-refractivity contribution >= 4 is 381 Å². The highest BCUT2D eigenvalue weighted by atomic mass is 127. The Kier molecular flexibility index (Phi) is 41.3. The van der Waals surface area contributed by atoms with Crippen LogP contribution in [0.1, 0.15) is 118 Å². The van der Waals surface area contributed by atoms with E-state index < -0.39 is 130 Å². The Hall–Kier alpha value is -1.84. The van der Waals surface area contributed by atoms with Gasteiger partial charge in [0.1, 0.15) is 13.2 Å². The highest BCUT2D eigenvalue weighted by Crippen LogP contribution is 2.50. The van der Waals surface area contributed by atoms with Crippen LogP contribution in [0.15, 0.2) is 121 Å². The lowest BCUT2D eigenvalue weighted by atomic mass is 9.61. The number of rotatable bonds is 24. The summed E-state index contributed by atoms with van der Waals surface area (Å²) in [7, 11) is -20.8. The van der Waals surface area contributed by atoms with Crippen LogP contribution in [0.2, 0.25) is 0 Å². The lowest BCUT2D eigenvalue weighted by Crippen LogP contribution is -2.44. The van der Waals surface area contributed by atoms with Gasteiger partial charge >= 0.3 is 58.3 Å². The third-order valence-electron chi connectivity index (χ3n) is 20.5. The number of carbonyl (C=O) groups excluding carboxylic acids is 8. The number of esters is 8. The van der Waals surface area contributed by atoms with Crippen molar-refractivity contribution in [2.75, 3.05) is 37.9 Å². The maximum Gasteiger partial charge on any atom is 0.367 e. The Balaban J connectivity index is 0.000000193. The molecule has 8 aromatic carbocycles. The zero-order chi connectivity index (χ0) is 94.6. The molecule has 8 aromatic rings. The third-order valence-corrected chi connectivity index (χ3v) is 32.5. The van der Waals surface area contributed by atoms with E-state index in [0.29, 0.717) is 103 Å². The van der Waals surface area contributed by atoms with Gasteiger partial charge in [-0.2, -0.15) is 17.6 Å². The summed E-state index contributed by atoms with van der Waals surface area (Å²) in [5.41, 5.74) is 0.474. The minimum absolute atomic E-state index is 0.111. The molecule has 0 aromatic heterocycles. The Labute approximate surface area is 895 Å². The van der Waals surface area contributed by atoms with Crippen LogP contribution >= 0.6 is 271 Å². The molecule has 0 saturated heterocycles. The first kappa shape index (κ1) is 110. The summed E-state index contributed by atoms with van der Waals surface area (Å²) in [6.07, 6.45) is 8.08. The van der Waals surface area contributed by atoms with E-state index in [-0.39, 0.29) is 69.7 Å². The van der Waals surface area contributed by atoms with Crippen molar-refractivity contribution in [1.29, 1.82) is 0 Å². The van der Waals surface area contributed by atoms with E-state index >= 15 is 0 Å². The lowest BCUT2D eigenvalue weighted by Gasteiger charge is -2.43. The summed E-state index contributed by atoms with van der Waals surface area (Å²) in [5, 5.41) is -7.59. The predicted molar refractivity (Wildman–Crippen MR) is 552 cm³/mol. The average Bonchev–Trinajstić information content (AvgIpc) is 0.793. The normalized spacial score (nSPS) is 18.8. The van der Waals surface area contributed by atoms with E-state index in [1.54, 1.807) is 30.3 Å². The summed E-state index contributed by atoms with van der Waals surface area (Å²) in [5.74, 6) is -5.93. The molecule has 48 heteroatoms. The van der Waals surface area contributed by atoms with Crippen LogP contribution < -0.4 is 18.9 Å². The molecule has 692 valence electrons. The van der Waals surface area contributed by atoms with Gasteiger partial charge in [-0.1, -0.05) is 49.2 Å². The first-order chi connectivity index (χ1) is 59.7. The molecule has 8 atom stereocenters. The van der Waals surface area contributed by atoms with Crippen LogP contribution in [-0.2, 0) is 78.6 Å². The van der Waals surface area contributed by atoms with Gasteiger partial charge < -0.3 is 56.1 Å². The van der Waals surface area contributed by atoms with Gasteiger partial charge in [0.15, 0.2) is 56.4 Å². The van der Waals surface area contributed by atoms with Crippen LogP contribution in [0.25, 0.3) is 21.5 Å². The Morgan fingerprint density at radius 2 is 0.695 bits per heavy atom. The van der Waals surface area contributed by atoms with Crippen molar-refractivity contribution in [2.45, 2.75) is 87.6 Å². The van der Waals surface area contributed by atoms with Crippen molar-refractivity contribution < 1.29 is 146 Å². The minimum atomic E-state index is -6.00. The molecule has 0 bridgehead atoms. The van der Waals surface area contributed by atoms with Gasteiger partial charge in [-0.25, -0.2) is 52.8 Å². The number of carbonyl (C=O) groups is 8. The molecule has 4 saturated carbocycles. The number of halogens is 16. The van der Waals surface area contributed by atoms with Crippen molar-refractivity contribution in [1.82, 2.24) is 0 Å². The molecule has 0 heterocycles. The van der Waals surface area contributed by atoms with Crippen LogP contribution in [0, 0.1) is 90.2 Å². The SMILES string of the molecule is O=C(OCC(F)(F)S(=O)(=O)[O-])C1CCCC2C(C(=O)Oc3c(I)cc(I)cc3I)CCCC12.O=C(OCC(F)(F)S(=O)(=O)[O-])c1cccc2c(C(=O)Oc3c(I)cc(I)cc3I)cccc12.O=C(OCCS(=O)(=O)[O-])C1CCC2CC(C(=O)Oc3c(I)cc(I)cc3I)CCC2C1.O=C(OCCS(=O)(=O)[O-])c1ccc2cc(C(=O)Oc3c(I)cc(I)cc3I)ccc2c1. The number of ether oxygens (including phenoxy) is 8. The van der Waals surface area contributed by atoms with E-state index in [1.165, 1.54) is 42.5 Å². The van der Waals surface area contributed by atoms with Crippen LogP contribution in [-0.4, -0.2) is 148 Å². The lowest BCUT2D eigenvalue weighted by molar-refractivity contribution is -0.163. The summed E-state index contributed by atoms with van der Waals surface area (Å²) >= 11 is 25.7. The van der Waals surface area contributed by atoms with Gasteiger partial charge in [-0.05, 0) is 465 Å². The van der Waals surface area contributed by atoms with Gasteiger partial charge in [0.05, 0.1) is 106 Å². The van der Waals surface area contributed by atoms with Gasteiger partial charge in [-0.15, -0.1) is 0 Å². The van der Waals surface area contributed by atoms with Crippen LogP contribution in [0.4, 0.5) is 17.6 Å². The van der Waals surface area contributed by atoms with Gasteiger partial charge in [-0.3, -0.25) is 19.2 Å². The van der Waals surface area contributed by atoms with Crippen molar-refractivity contribution in [3.8, 4) is 23.0 Å². The van der Waals surface area contributed by atoms with E-state index in [4.69, 9.17) is 28.4 Å². The monoisotopic (exact) mass is 3200 g/mol. The molecule has 0 N–H and O–H groups in total. The molecule has 0 radical (unpaired) electrons. The molecule has 4 aliphatic carbocycles. The average molecular weight is 3200 g/mol. The maximum atomic E-state index is 13.4. The summed E-state index contributed by atoms with van der Waals surface area (Å²) in [4.78, 5) is 101.